The van der Waals surface area contributed by atoms with Crippen molar-refractivity contribution in [3.8, 4) is 0 Å². The summed E-state index contributed by atoms with van der Waals surface area (Å²) in [5.74, 6) is 0. The molecule has 0 atom stereocenters. The molecule has 0 aliphatic rings. The molecule has 0 aliphatic carbocycles. The van der Waals surface area contributed by atoms with Gasteiger partial charge < -0.3 is 0 Å². The maximum Gasteiger partial charge on any atom is 0 e. The fraction of sp³-hybridized carbons (Fsp3) is 0. The molecule has 0 amide bonds. The second-order valence-electron chi connectivity index (χ2n) is 0. The zero-order chi connectivity index (χ0) is 0. The van der Waals surface area contributed by atoms with Gasteiger partial charge in [-0.1, -0.05) is 0 Å². The summed E-state index contributed by atoms with van der Waals surface area (Å²) in [5, 5.41) is 0. The van der Waals surface area contributed by atoms with Crippen LogP contribution < -0.4 is 0 Å². The monoisotopic (exact) mass is 337 g/mol. The Hall–Kier alpha value is 2.03. The van der Waals surface area contributed by atoms with Gasteiger partial charge in [-0.3, -0.25) is 0 Å². The first kappa shape index (κ1) is 37.0. The van der Waals surface area contributed by atoms with E-state index in [1.54, 1.807) is 0 Å². The fourth-order valence-electron chi connectivity index (χ4n) is 0. The first-order valence-corrected chi connectivity index (χ1v) is 0. The fourth-order valence-corrected chi connectivity index (χ4v) is 0. The van der Waals surface area contributed by atoms with Crippen molar-refractivity contribution in [1.29, 1.82) is 0 Å². The van der Waals surface area contributed by atoms with Crippen LogP contribution in [-0.4, -0.2) is 0 Å². The van der Waals surface area contributed by atoms with E-state index in [0.717, 1.165) is 0 Å². The molecule has 0 aromatic carbocycles. The third-order valence-electron chi connectivity index (χ3n) is 0. The zero-order valence-electron chi connectivity index (χ0n) is 1.83. The molecule has 4 heteroatoms. The van der Waals surface area contributed by atoms with Crippen LogP contribution >= 0.6 is 24.8 Å². The minimum atomic E-state index is 0. The average Bonchev–Trinajstić information content (AvgIpc) is 0. The molecule has 0 aliphatic heterocycles. The second-order valence-corrected chi connectivity index (χ2v) is 0. The molecule has 0 heterocycles. The molecule has 0 nitrogen and oxygen atoms in total. The normalized spacial score (nSPS) is 0. The Bertz CT molecular complexity index is 6.00. The summed E-state index contributed by atoms with van der Waals surface area (Å²) in [6, 6.07) is 0. The molecule has 0 rings (SSSR count). The van der Waals surface area contributed by atoms with Gasteiger partial charge in [-0.15, -0.1) is 24.8 Å². The molecule has 0 saturated heterocycles. The smallest absolute Gasteiger partial charge is 0 e. The summed E-state index contributed by atoms with van der Waals surface area (Å²) >= 11 is 0. The average molecular weight is 337 g/mol. The molecular weight excluding hydrogens is 335 g/mol. The van der Waals surface area contributed by atoms with Gasteiger partial charge in [0.25, 0.3) is 0 Å². The van der Waals surface area contributed by atoms with Crippen molar-refractivity contribution in [2.45, 2.75) is 0 Å². The van der Waals surface area contributed by atoms with Crippen LogP contribution in [0.5, 0.6) is 0 Å². The molecule has 0 aromatic rings. The third kappa shape index (κ3) is 8.98. The van der Waals surface area contributed by atoms with Crippen molar-refractivity contribution in [3.05, 3.63) is 0 Å². The van der Waals surface area contributed by atoms with Crippen molar-refractivity contribution in [1.82, 2.24) is 0 Å². The van der Waals surface area contributed by atoms with Crippen molar-refractivity contribution >= 4 is 24.8 Å². The van der Waals surface area contributed by atoms with Crippen molar-refractivity contribution in [2.75, 3.05) is 0 Å². The van der Waals surface area contributed by atoms with Gasteiger partial charge >= 0.3 is 0 Å². The van der Waals surface area contributed by atoms with Gasteiger partial charge in [-0.05, 0) is 0 Å². The minimum absolute atomic E-state index is 0. The minimum Gasteiger partial charge on any atom is -0.147 e. The Labute approximate surface area is 68.9 Å². The maximum atomic E-state index is 0. The predicted molar refractivity (Wildman–Crippen MR) is 14.5 cm³/mol. The molecule has 0 aromatic heterocycles. The Kier molecular flexibility index (Phi) is 183. The standard InChI is InChI=1S/2ClH.Cu.Hg/h2*1H;;. The first-order chi connectivity index (χ1) is 0. The van der Waals surface area contributed by atoms with Crippen LogP contribution in [0.25, 0.3) is 0 Å². The summed E-state index contributed by atoms with van der Waals surface area (Å²) in [6.07, 6.45) is 0. The predicted octanol–water partition coefficient (Wildman–Crippen LogP) is 0.839. The van der Waals surface area contributed by atoms with Gasteiger partial charge in [0.15, 0.2) is 0 Å². The number of halogens is 2. The maximum absolute atomic E-state index is 0. The van der Waals surface area contributed by atoms with Crippen LogP contribution in [0.4, 0.5) is 0 Å². The Balaban J connectivity index is 0. The molecule has 1 radical (unpaired) electrons. The van der Waals surface area contributed by atoms with E-state index in [2.05, 4.69) is 0 Å². The van der Waals surface area contributed by atoms with Crippen LogP contribution in [-0.2, 0) is 44.7 Å². The van der Waals surface area contributed by atoms with Gasteiger partial charge in [0.05, 0.1) is 0 Å². The zero-order valence-corrected chi connectivity index (χ0v) is 9.90. The molecule has 0 unspecified atom stereocenters. The van der Waals surface area contributed by atoms with Crippen LogP contribution in [0.3, 0.4) is 0 Å². The van der Waals surface area contributed by atoms with Gasteiger partial charge in [0.1, 0.15) is 0 Å². The Morgan fingerprint density at radius 3 is 0.750 bits per heavy atom. The molecule has 0 fully saturated rings. The molecule has 0 spiro atoms. The first-order valence-electron chi connectivity index (χ1n) is 0. The Morgan fingerprint density at radius 2 is 0.750 bits per heavy atom. The van der Waals surface area contributed by atoms with Gasteiger partial charge in [-0.25, -0.2) is 0 Å². The van der Waals surface area contributed by atoms with Crippen LogP contribution in [0.2, 0.25) is 0 Å². The van der Waals surface area contributed by atoms with E-state index in [0.29, 0.717) is 0 Å². The van der Waals surface area contributed by atoms with Crippen LogP contribution in [0.15, 0.2) is 0 Å². The summed E-state index contributed by atoms with van der Waals surface area (Å²) < 4.78 is 0. The Morgan fingerprint density at radius 1 is 0.750 bits per heavy atom. The van der Waals surface area contributed by atoms with E-state index in [1.165, 1.54) is 0 Å². The summed E-state index contributed by atoms with van der Waals surface area (Å²) in [4.78, 5) is 0. The van der Waals surface area contributed by atoms with E-state index in [9.17, 15) is 0 Å². The quantitative estimate of drug-likeness (QED) is 0.575. The largest absolute Gasteiger partial charge is 0.147 e. The molecule has 0 N–H and O–H groups in total. The van der Waals surface area contributed by atoms with E-state index in [1.807, 2.05) is 0 Å². The van der Waals surface area contributed by atoms with Crippen molar-refractivity contribution < 1.29 is 44.7 Å². The molecular formula is H2Cl2CuHg. The van der Waals surface area contributed by atoms with Gasteiger partial charge in [0, 0.05) is 44.7 Å². The van der Waals surface area contributed by atoms with Crippen molar-refractivity contribution in [2.24, 2.45) is 0 Å². The molecule has 0 bridgehead atoms. The van der Waals surface area contributed by atoms with Crippen LogP contribution in [0.1, 0.15) is 0 Å². The van der Waals surface area contributed by atoms with Gasteiger partial charge in [-0.2, -0.15) is 0 Å². The SMILES string of the molecule is Cl.Cl.[Cu].[Hg]. The van der Waals surface area contributed by atoms with E-state index >= 15 is 0 Å². The van der Waals surface area contributed by atoms with Crippen molar-refractivity contribution in [3.63, 3.8) is 0 Å². The van der Waals surface area contributed by atoms with E-state index < -0.39 is 0 Å². The summed E-state index contributed by atoms with van der Waals surface area (Å²) in [6.45, 7) is 0. The van der Waals surface area contributed by atoms with E-state index in [4.69, 9.17) is 0 Å². The number of hydrogen-bond donors (Lipinski definition) is 0. The summed E-state index contributed by atoms with van der Waals surface area (Å²) in [5.41, 5.74) is 0. The van der Waals surface area contributed by atoms with Gasteiger partial charge in [0.2, 0.25) is 0 Å². The third-order valence-corrected chi connectivity index (χ3v) is 0. The molecule has 29 valence electrons. The number of hydrogen-bond acceptors (Lipinski definition) is 0. The second kappa shape index (κ2) is 19.8. The van der Waals surface area contributed by atoms with Crippen LogP contribution in [0, 0.1) is 0 Å². The molecule has 4 heavy (non-hydrogen) atoms. The topological polar surface area (TPSA) is 0 Å². The molecule has 0 saturated carbocycles. The number of rotatable bonds is 0. The summed E-state index contributed by atoms with van der Waals surface area (Å²) in [7, 11) is 0. The van der Waals surface area contributed by atoms with E-state index in [-0.39, 0.29) is 69.6 Å².